The predicted molar refractivity (Wildman–Crippen MR) is 76.9 cm³/mol. The van der Waals surface area contributed by atoms with Gasteiger partial charge in [0.15, 0.2) is 0 Å². The lowest BCUT2D eigenvalue weighted by atomic mass is 10.0. The van der Waals surface area contributed by atoms with Crippen LogP contribution < -0.4 is 0 Å². The fourth-order valence-corrected chi connectivity index (χ4v) is 2.32. The Labute approximate surface area is 114 Å². The van der Waals surface area contributed by atoms with E-state index in [-0.39, 0.29) is 0 Å². The van der Waals surface area contributed by atoms with E-state index in [0.29, 0.717) is 0 Å². The predicted octanol–water partition coefficient (Wildman–Crippen LogP) is 3.35. The molecule has 0 aliphatic rings. The normalized spacial score (nSPS) is 12.5. The SMILES string of the molecule is CCCn1nccc1C(O)CCCc1ccccc1. The van der Waals surface area contributed by atoms with E-state index in [0.717, 1.165) is 37.9 Å². The second-order valence-corrected chi connectivity index (χ2v) is 4.87. The molecule has 1 heterocycles. The number of hydrogen-bond donors (Lipinski definition) is 1. The lowest BCUT2D eigenvalue weighted by Crippen LogP contribution is -2.09. The second-order valence-electron chi connectivity index (χ2n) is 4.87. The molecule has 0 saturated carbocycles. The summed E-state index contributed by atoms with van der Waals surface area (Å²) in [4.78, 5) is 0. The molecule has 3 nitrogen and oxygen atoms in total. The highest BCUT2D eigenvalue weighted by molar-refractivity contribution is 5.14. The van der Waals surface area contributed by atoms with Gasteiger partial charge in [-0.05, 0) is 37.3 Å². The summed E-state index contributed by atoms with van der Waals surface area (Å²) in [6, 6.07) is 12.3. The van der Waals surface area contributed by atoms with E-state index < -0.39 is 6.10 Å². The van der Waals surface area contributed by atoms with E-state index in [2.05, 4.69) is 36.3 Å². The average Bonchev–Trinajstić information content (AvgIpc) is 2.89. The lowest BCUT2D eigenvalue weighted by molar-refractivity contribution is 0.153. The van der Waals surface area contributed by atoms with Crippen molar-refractivity contribution in [3.63, 3.8) is 0 Å². The Balaban J connectivity index is 1.84. The number of nitrogens with zero attached hydrogens (tertiary/aromatic N) is 2. The van der Waals surface area contributed by atoms with Gasteiger partial charge in [-0.15, -0.1) is 0 Å². The first-order valence-electron chi connectivity index (χ1n) is 7.05. The third-order valence-corrected chi connectivity index (χ3v) is 3.31. The molecule has 3 heteroatoms. The molecule has 1 aromatic heterocycles. The minimum absolute atomic E-state index is 0.405. The Morgan fingerprint density at radius 3 is 2.74 bits per heavy atom. The van der Waals surface area contributed by atoms with Crippen LogP contribution in [0.25, 0.3) is 0 Å². The molecule has 2 rings (SSSR count). The highest BCUT2D eigenvalue weighted by Gasteiger charge is 2.12. The number of hydrogen-bond acceptors (Lipinski definition) is 2. The van der Waals surface area contributed by atoms with E-state index in [1.807, 2.05) is 16.8 Å². The van der Waals surface area contributed by atoms with Gasteiger partial charge in [-0.1, -0.05) is 37.3 Å². The van der Waals surface area contributed by atoms with Gasteiger partial charge >= 0.3 is 0 Å². The van der Waals surface area contributed by atoms with Crippen LogP contribution in [0.5, 0.6) is 0 Å². The number of aliphatic hydroxyl groups excluding tert-OH is 1. The van der Waals surface area contributed by atoms with E-state index in [1.54, 1.807) is 6.20 Å². The van der Waals surface area contributed by atoms with Crippen molar-refractivity contribution < 1.29 is 5.11 Å². The number of rotatable bonds is 7. The minimum Gasteiger partial charge on any atom is -0.387 e. The van der Waals surface area contributed by atoms with Crippen LogP contribution in [-0.2, 0) is 13.0 Å². The van der Waals surface area contributed by atoms with Crippen LogP contribution in [0.4, 0.5) is 0 Å². The maximum absolute atomic E-state index is 10.2. The van der Waals surface area contributed by atoms with E-state index in [4.69, 9.17) is 0 Å². The molecule has 0 fully saturated rings. The van der Waals surface area contributed by atoms with Gasteiger partial charge in [-0.2, -0.15) is 5.10 Å². The molecule has 0 aliphatic heterocycles. The molecule has 1 aromatic carbocycles. The van der Waals surface area contributed by atoms with Crippen LogP contribution in [-0.4, -0.2) is 14.9 Å². The summed E-state index contributed by atoms with van der Waals surface area (Å²) in [5.74, 6) is 0. The molecule has 2 aromatic rings. The number of benzene rings is 1. The molecule has 19 heavy (non-hydrogen) atoms. The zero-order chi connectivity index (χ0) is 13.5. The van der Waals surface area contributed by atoms with Crippen LogP contribution in [0.1, 0.15) is 43.5 Å². The Bertz CT molecular complexity index is 479. The van der Waals surface area contributed by atoms with Gasteiger partial charge in [0.25, 0.3) is 0 Å². The third-order valence-electron chi connectivity index (χ3n) is 3.31. The Morgan fingerprint density at radius 1 is 1.21 bits per heavy atom. The van der Waals surface area contributed by atoms with Crippen molar-refractivity contribution in [2.24, 2.45) is 0 Å². The van der Waals surface area contributed by atoms with Crippen LogP contribution in [0.2, 0.25) is 0 Å². The maximum atomic E-state index is 10.2. The molecule has 0 amide bonds. The Morgan fingerprint density at radius 2 is 2.00 bits per heavy atom. The van der Waals surface area contributed by atoms with Crippen LogP contribution in [0.15, 0.2) is 42.6 Å². The molecule has 0 aliphatic carbocycles. The van der Waals surface area contributed by atoms with Crippen molar-refractivity contribution >= 4 is 0 Å². The summed E-state index contributed by atoms with van der Waals surface area (Å²) >= 11 is 0. The van der Waals surface area contributed by atoms with Crippen molar-refractivity contribution in [1.82, 2.24) is 9.78 Å². The van der Waals surface area contributed by atoms with Crippen LogP contribution in [0, 0.1) is 0 Å². The average molecular weight is 258 g/mol. The standard InChI is InChI=1S/C16H22N2O/c1-2-13-18-15(11-12-17-18)16(19)10-6-9-14-7-4-3-5-8-14/h3-5,7-8,11-12,16,19H,2,6,9-10,13H2,1H3. The molecule has 0 radical (unpaired) electrons. The Hall–Kier alpha value is -1.61. The van der Waals surface area contributed by atoms with Crippen LogP contribution >= 0.6 is 0 Å². The first-order chi connectivity index (χ1) is 9.31. The first-order valence-corrected chi connectivity index (χ1v) is 7.05. The van der Waals surface area contributed by atoms with Gasteiger partial charge < -0.3 is 5.11 Å². The fourth-order valence-electron chi connectivity index (χ4n) is 2.32. The first kappa shape index (κ1) is 13.8. The van der Waals surface area contributed by atoms with Crippen LogP contribution in [0.3, 0.4) is 0 Å². The molecular formula is C16H22N2O. The molecular weight excluding hydrogens is 236 g/mol. The Kier molecular flexibility index (Phi) is 5.16. The van der Waals surface area contributed by atoms with E-state index in [1.165, 1.54) is 5.56 Å². The van der Waals surface area contributed by atoms with E-state index in [9.17, 15) is 5.11 Å². The quantitative estimate of drug-likeness (QED) is 0.827. The summed E-state index contributed by atoms with van der Waals surface area (Å²) in [6.07, 6.45) is 5.18. The zero-order valence-electron chi connectivity index (χ0n) is 11.5. The highest BCUT2D eigenvalue weighted by atomic mass is 16.3. The monoisotopic (exact) mass is 258 g/mol. The van der Waals surface area contributed by atoms with E-state index >= 15 is 0 Å². The van der Waals surface area contributed by atoms with Crippen molar-refractivity contribution in [3.05, 3.63) is 53.9 Å². The third kappa shape index (κ3) is 3.93. The summed E-state index contributed by atoms with van der Waals surface area (Å²) in [5.41, 5.74) is 2.27. The summed E-state index contributed by atoms with van der Waals surface area (Å²) in [6.45, 7) is 2.99. The second kappa shape index (κ2) is 7.10. The number of aliphatic hydroxyl groups is 1. The molecule has 0 saturated heterocycles. The van der Waals surface area contributed by atoms with Gasteiger partial charge in [0.05, 0.1) is 11.8 Å². The fraction of sp³-hybridized carbons (Fsp3) is 0.438. The summed E-state index contributed by atoms with van der Waals surface area (Å²) in [5, 5.41) is 14.5. The number of aromatic nitrogens is 2. The zero-order valence-corrected chi connectivity index (χ0v) is 11.5. The van der Waals surface area contributed by atoms with Gasteiger partial charge in [0.1, 0.15) is 0 Å². The molecule has 0 spiro atoms. The van der Waals surface area contributed by atoms with Gasteiger partial charge in [-0.3, -0.25) is 4.68 Å². The van der Waals surface area contributed by atoms with Crippen molar-refractivity contribution in [2.45, 2.75) is 45.3 Å². The molecule has 102 valence electrons. The summed E-state index contributed by atoms with van der Waals surface area (Å²) in [7, 11) is 0. The topological polar surface area (TPSA) is 38.0 Å². The maximum Gasteiger partial charge on any atom is 0.0956 e. The van der Waals surface area contributed by atoms with Crippen molar-refractivity contribution in [3.8, 4) is 0 Å². The van der Waals surface area contributed by atoms with Gasteiger partial charge in [0, 0.05) is 12.7 Å². The molecule has 0 bridgehead atoms. The largest absolute Gasteiger partial charge is 0.387 e. The van der Waals surface area contributed by atoms with Crippen molar-refractivity contribution in [1.29, 1.82) is 0 Å². The number of aryl methyl sites for hydroxylation is 2. The minimum atomic E-state index is -0.405. The molecule has 1 unspecified atom stereocenters. The highest BCUT2D eigenvalue weighted by Crippen LogP contribution is 2.19. The smallest absolute Gasteiger partial charge is 0.0956 e. The van der Waals surface area contributed by atoms with Gasteiger partial charge in [0.2, 0.25) is 0 Å². The lowest BCUT2D eigenvalue weighted by Gasteiger charge is -2.13. The van der Waals surface area contributed by atoms with Crippen molar-refractivity contribution in [2.75, 3.05) is 0 Å². The molecule has 1 N–H and O–H groups in total. The summed E-state index contributed by atoms with van der Waals surface area (Å²) < 4.78 is 1.91. The molecule has 1 atom stereocenters. The van der Waals surface area contributed by atoms with Gasteiger partial charge in [-0.25, -0.2) is 0 Å².